The number of imide groups is 1. The second-order valence-corrected chi connectivity index (χ2v) is 23.5. The van der Waals surface area contributed by atoms with Crippen LogP contribution in [0.4, 0.5) is 18.4 Å². The zero-order chi connectivity index (χ0) is 57.6. The molecular formula is C61H69F2N9O10. The van der Waals surface area contributed by atoms with Gasteiger partial charge in [-0.25, -0.2) is 23.2 Å². The van der Waals surface area contributed by atoms with Gasteiger partial charge in [-0.2, -0.15) is 9.97 Å². The summed E-state index contributed by atoms with van der Waals surface area (Å²) in [5, 5.41) is 6.44. The number of amides is 4. The standard InChI is InChI=1S/C61H69F2N9O10/c1-7-42-45(62)17-14-36-29-41(81-34-78-6)30-43(50(36)42)53-51(63)54-44(31-65-53)52(37-27-38-15-16-39(28-37)71(38)59(77)82-60(2,3)4)67-56(68-54)80-33-61-22-11-25-70(61)40(21-23-61)32-79-57(75)64-24-10-8-9-12-35-13-18-46-48(26-35)69(5)58(76)72(46)47-19-20-49(73)66-55(47)74/h1,13-14,17-18,26,29-31,37-40,47H,8-12,15-16,19-25,27-28,32-34H2,2-6H3,(H,64,75)(H,66,73,74)/t37?,38?,39?,40-,47?,61-/m0/s1. The number of carbonyl (C=O) groups excluding carboxylic acids is 4. The summed E-state index contributed by atoms with van der Waals surface area (Å²) in [5.41, 5.74) is 1.60. The lowest BCUT2D eigenvalue weighted by molar-refractivity contribution is -0.135. The number of rotatable bonds is 17. The van der Waals surface area contributed by atoms with Gasteiger partial charge in [-0.3, -0.25) is 33.9 Å². The molecule has 2 bridgehead atoms. The summed E-state index contributed by atoms with van der Waals surface area (Å²) in [6.07, 6.45) is 16.2. The molecule has 5 saturated heterocycles. The van der Waals surface area contributed by atoms with Crippen molar-refractivity contribution in [2.45, 2.75) is 152 Å². The van der Waals surface area contributed by atoms with Crippen molar-refractivity contribution in [3.8, 4) is 35.4 Å². The van der Waals surface area contributed by atoms with E-state index < -0.39 is 40.8 Å². The Kier molecular flexibility index (Phi) is 15.7. The normalized spacial score (nSPS) is 22.6. The Balaban J connectivity index is 0.761. The predicted molar refractivity (Wildman–Crippen MR) is 300 cm³/mol. The molecule has 3 aromatic carbocycles. The highest BCUT2D eigenvalue weighted by Gasteiger charge is 2.51. The largest absolute Gasteiger partial charge is 0.468 e. The molecule has 5 fully saturated rings. The number of methoxy groups -OCH3 is 1. The van der Waals surface area contributed by atoms with Crippen molar-refractivity contribution >= 4 is 56.7 Å². The Bertz CT molecular complexity index is 3600. The van der Waals surface area contributed by atoms with Crippen LogP contribution in [0.2, 0.25) is 0 Å². The van der Waals surface area contributed by atoms with Gasteiger partial charge in [0.1, 0.15) is 47.6 Å². The molecule has 82 heavy (non-hydrogen) atoms. The quantitative estimate of drug-likeness (QED) is 0.0378. The third-order valence-electron chi connectivity index (χ3n) is 17.2. The van der Waals surface area contributed by atoms with Crippen molar-refractivity contribution in [2.75, 3.05) is 40.2 Å². The highest BCUT2D eigenvalue weighted by Crippen LogP contribution is 2.47. The minimum atomic E-state index is -0.778. The average Bonchev–Trinajstić information content (AvgIpc) is 4.21. The van der Waals surface area contributed by atoms with Crippen molar-refractivity contribution in [2.24, 2.45) is 7.05 Å². The molecule has 21 heteroatoms. The number of nitrogens with zero attached hydrogens (tertiary/aromatic N) is 7. The Morgan fingerprint density at radius 3 is 2.51 bits per heavy atom. The van der Waals surface area contributed by atoms with E-state index in [9.17, 15) is 24.0 Å². The fraction of sp³-hybridized carbons (Fsp3) is 0.508. The number of terminal acetylenes is 1. The van der Waals surface area contributed by atoms with Crippen LogP contribution in [-0.4, -0.2) is 127 Å². The van der Waals surface area contributed by atoms with Gasteiger partial charge in [-0.1, -0.05) is 24.5 Å². The molecule has 19 nitrogen and oxygen atoms in total. The number of alkyl carbamates (subject to hydrolysis) is 1. The van der Waals surface area contributed by atoms with Crippen LogP contribution in [0.25, 0.3) is 44.0 Å². The first-order chi connectivity index (χ1) is 39.4. The number of nitrogens with one attached hydrogen (secondary N) is 2. The maximum Gasteiger partial charge on any atom is 0.410 e. The minimum Gasteiger partial charge on any atom is -0.468 e. The summed E-state index contributed by atoms with van der Waals surface area (Å²) in [7, 11) is 3.16. The van der Waals surface area contributed by atoms with Gasteiger partial charge in [0, 0.05) is 73.7 Å². The van der Waals surface area contributed by atoms with Crippen LogP contribution < -0.4 is 25.8 Å². The van der Waals surface area contributed by atoms with Crippen LogP contribution in [0.5, 0.6) is 11.8 Å². The number of hydrogen-bond donors (Lipinski definition) is 2. The third kappa shape index (κ3) is 10.9. The van der Waals surface area contributed by atoms with Gasteiger partial charge in [-0.05, 0) is 146 Å². The number of imidazole rings is 1. The van der Waals surface area contributed by atoms with Crippen LogP contribution in [0.1, 0.15) is 133 Å². The molecule has 11 rings (SSSR count). The van der Waals surface area contributed by atoms with Gasteiger partial charge in [0.25, 0.3) is 0 Å². The van der Waals surface area contributed by atoms with E-state index in [1.165, 1.54) is 22.3 Å². The van der Waals surface area contributed by atoms with E-state index in [4.69, 9.17) is 45.1 Å². The number of unbranched alkanes of at least 4 members (excludes halogenated alkanes) is 2. The molecule has 5 aliphatic rings. The van der Waals surface area contributed by atoms with E-state index in [0.29, 0.717) is 47.1 Å². The van der Waals surface area contributed by atoms with Gasteiger partial charge in [0.05, 0.1) is 27.8 Å². The smallest absolute Gasteiger partial charge is 0.410 e. The highest BCUT2D eigenvalue weighted by atomic mass is 19.1. The van der Waals surface area contributed by atoms with E-state index in [1.54, 1.807) is 31.4 Å². The number of halogens is 2. The Morgan fingerprint density at radius 1 is 0.951 bits per heavy atom. The van der Waals surface area contributed by atoms with Gasteiger partial charge in [0.2, 0.25) is 11.8 Å². The lowest BCUT2D eigenvalue weighted by Gasteiger charge is -2.39. The molecule has 4 amide bonds. The van der Waals surface area contributed by atoms with Gasteiger partial charge < -0.3 is 33.9 Å². The number of benzene rings is 3. The summed E-state index contributed by atoms with van der Waals surface area (Å²) in [6.45, 7) is 7.08. The number of carbonyl (C=O) groups is 4. The number of pyridine rings is 1. The van der Waals surface area contributed by atoms with Crippen LogP contribution in [0, 0.1) is 24.0 Å². The molecule has 0 radical (unpaired) electrons. The molecule has 2 N–H and O–H groups in total. The molecule has 0 aliphatic carbocycles. The van der Waals surface area contributed by atoms with Gasteiger partial charge in [-0.15, -0.1) is 6.42 Å². The summed E-state index contributed by atoms with van der Waals surface area (Å²) in [6, 6.07) is 10.8. The first kappa shape index (κ1) is 56.2. The summed E-state index contributed by atoms with van der Waals surface area (Å²) >= 11 is 0. The molecule has 8 heterocycles. The lowest BCUT2D eigenvalue weighted by Crippen LogP contribution is -2.48. The molecule has 0 saturated carbocycles. The van der Waals surface area contributed by atoms with E-state index in [0.717, 1.165) is 81.8 Å². The Labute approximate surface area is 473 Å². The SMILES string of the molecule is C#Cc1c(F)ccc2cc(OCOC)cc(-c3ncc4c(C5CC6CCC(C5)N6C(=O)OC(C)(C)C)nc(OC[C@@]56CCCN5[C@H](COC(=O)NCCCCCc5ccc7c(c5)n(C)c(=O)n7C5CCC(=O)NC5=O)CC6)nc4c3F)c12. The summed E-state index contributed by atoms with van der Waals surface area (Å²) in [4.78, 5) is 82.9. The number of aryl methyl sites for hydroxylation is 2. The maximum absolute atomic E-state index is 17.7. The second kappa shape index (κ2) is 22.9. The Morgan fingerprint density at radius 2 is 1.76 bits per heavy atom. The second-order valence-electron chi connectivity index (χ2n) is 23.5. The maximum atomic E-state index is 17.7. The van der Waals surface area contributed by atoms with Crippen LogP contribution in [-0.2, 0) is 37.3 Å². The zero-order valence-electron chi connectivity index (χ0n) is 47.0. The van der Waals surface area contributed by atoms with E-state index in [2.05, 4.69) is 21.5 Å². The molecular weight excluding hydrogens is 1060 g/mol. The molecule has 5 atom stereocenters. The van der Waals surface area contributed by atoms with Crippen molar-refractivity contribution in [1.29, 1.82) is 0 Å². The number of hydrogen-bond acceptors (Lipinski definition) is 14. The van der Waals surface area contributed by atoms with Crippen LogP contribution in [0.3, 0.4) is 0 Å². The first-order valence-corrected chi connectivity index (χ1v) is 28.5. The number of aromatic nitrogens is 5. The molecule has 0 spiro atoms. The van der Waals surface area contributed by atoms with Crippen LogP contribution in [0.15, 0.2) is 53.5 Å². The fourth-order valence-electron chi connectivity index (χ4n) is 13.4. The predicted octanol–water partition coefficient (Wildman–Crippen LogP) is 8.88. The Hall–Kier alpha value is -7.70. The topological polar surface area (TPSA) is 211 Å². The number of piperidine rings is 2. The lowest BCUT2D eigenvalue weighted by atomic mass is 9.86. The summed E-state index contributed by atoms with van der Waals surface area (Å²) in [5.74, 6) is 0.349. The van der Waals surface area contributed by atoms with Crippen molar-refractivity contribution in [1.82, 2.24) is 44.5 Å². The van der Waals surface area contributed by atoms with E-state index in [1.807, 2.05) is 43.9 Å². The van der Waals surface area contributed by atoms with Crippen molar-refractivity contribution in [3.05, 3.63) is 87.6 Å². The van der Waals surface area contributed by atoms with Gasteiger partial charge >= 0.3 is 23.9 Å². The minimum absolute atomic E-state index is 0.00657. The monoisotopic (exact) mass is 1130 g/mol. The molecule has 3 unspecified atom stereocenters. The van der Waals surface area contributed by atoms with E-state index in [-0.39, 0.29) is 108 Å². The third-order valence-corrected chi connectivity index (χ3v) is 17.2. The average molecular weight is 1130 g/mol. The van der Waals surface area contributed by atoms with Crippen molar-refractivity contribution < 1.29 is 51.6 Å². The number of ether oxygens (including phenoxy) is 5. The first-order valence-electron chi connectivity index (χ1n) is 28.5. The van der Waals surface area contributed by atoms with Crippen molar-refractivity contribution in [3.63, 3.8) is 0 Å². The molecule has 3 aromatic heterocycles. The zero-order valence-corrected chi connectivity index (χ0v) is 47.0. The van der Waals surface area contributed by atoms with Gasteiger partial charge in [0.15, 0.2) is 12.6 Å². The number of fused-ring (bicyclic) bond motifs is 6. The molecule has 6 aromatic rings. The van der Waals surface area contributed by atoms with Crippen LogP contribution >= 0.6 is 0 Å². The molecule has 432 valence electrons. The summed E-state index contributed by atoms with van der Waals surface area (Å²) < 4.78 is 65.4. The van der Waals surface area contributed by atoms with E-state index >= 15 is 8.78 Å². The fourth-order valence-corrected chi connectivity index (χ4v) is 13.4. The molecule has 5 aliphatic heterocycles. The highest BCUT2D eigenvalue weighted by molar-refractivity contribution is 6.03.